The molecule has 4 rings (SSSR count). The van der Waals surface area contributed by atoms with Crippen molar-refractivity contribution in [2.75, 3.05) is 13.1 Å². The number of pyridine rings is 2. The van der Waals surface area contributed by atoms with Gasteiger partial charge in [0.15, 0.2) is 6.19 Å². The normalized spacial score (nSPS) is 16.1. The molecule has 10 heteroatoms. The number of rotatable bonds is 6. The Kier molecular flexibility index (Phi) is 6.93. The third-order valence-corrected chi connectivity index (χ3v) is 6.08. The Morgan fingerprint density at radius 2 is 1.97 bits per heavy atom. The molecule has 35 heavy (non-hydrogen) atoms. The summed E-state index contributed by atoms with van der Waals surface area (Å²) in [5.74, 6) is 6.26. The Bertz CT molecular complexity index is 1370. The third-order valence-electron chi connectivity index (χ3n) is 6.08. The molecule has 0 aliphatic carbocycles. The van der Waals surface area contributed by atoms with Gasteiger partial charge in [0, 0.05) is 42.7 Å². The number of nitrogens with zero attached hydrogens (tertiary/aromatic N) is 8. The number of aliphatic imine (C=N–C) groups is 1. The molecule has 1 aliphatic rings. The molecule has 0 radical (unpaired) electrons. The zero-order chi connectivity index (χ0) is 24.9. The summed E-state index contributed by atoms with van der Waals surface area (Å²) in [6, 6.07) is 7.89. The summed E-state index contributed by atoms with van der Waals surface area (Å²) >= 11 is 0. The number of nitriles is 2. The van der Waals surface area contributed by atoms with Crippen molar-refractivity contribution in [2.24, 2.45) is 15.9 Å². The van der Waals surface area contributed by atoms with Crippen molar-refractivity contribution in [1.82, 2.24) is 19.3 Å². The van der Waals surface area contributed by atoms with Gasteiger partial charge < -0.3 is 15.5 Å². The minimum absolute atomic E-state index is 0.0984. The van der Waals surface area contributed by atoms with Gasteiger partial charge in [-0.2, -0.15) is 15.6 Å². The predicted octanol–water partition coefficient (Wildman–Crippen LogP) is 3.12. The van der Waals surface area contributed by atoms with E-state index in [9.17, 15) is 5.26 Å². The molecule has 1 saturated heterocycles. The van der Waals surface area contributed by atoms with Gasteiger partial charge in [-0.15, -0.1) is 0 Å². The number of aryl methyl sites for hydroxylation is 1. The van der Waals surface area contributed by atoms with Crippen molar-refractivity contribution in [3.05, 3.63) is 59.2 Å². The second kappa shape index (κ2) is 10.2. The highest BCUT2D eigenvalue weighted by Crippen LogP contribution is 2.26. The van der Waals surface area contributed by atoms with E-state index in [1.54, 1.807) is 27.8 Å². The molecule has 1 aliphatic heterocycles. The van der Waals surface area contributed by atoms with Crippen LogP contribution in [0.5, 0.6) is 5.88 Å². The van der Waals surface area contributed by atoms with E-state index >= 15 is 0 Å². The Labute approximate surface area is 204 Å². The highest BCUT2D eigenvalue weighted by molar-refractivity contribution is 6.47. The smallest absolute Gasteiger partial charge is 0.201 e. The van der Waals surface area contributed by atoms with E-state index < -0.39 is 0 Å². The predicted molar refractivity (Wildman–Crippen MR) is 132 cm³/mol. The molecule has 0 bridgehead atoms. The quantitative estimate of drug-likeness (QED) is 0.253. The van der Waals surface area contributed by atoms with Crippen molar-refractivity contribution in [3.8, 4) is 18.1 Å². The number of imidazole rings is 1. The fourth-order valence-electron chi connectivity index (χ4n) is 4.24. The largest absolute Gasteiger partial charge is 0.471 e. The Morgan fingerprint density at radius 1 is 1.20 bits per heavy atom. The molecule has 0 spiro atoms. The molecule has 10 nitrogen and oxygen atoms in total. The maximum atomic E-state index is 9.61. The maximum absolute atomic E-state index is 9.61. The molecule has 1 atom stereocenters. The summed E-state index contributed by atoms with van der Waals surface area (Å²) in [5.41, 5.74) is 4.75. The number of likely N-dealkylation sites (tertiary alicyclic amines) is 1. The summed E-state index contributed by atoms with van der Waals surface area (Å²) in [4.78, 5) is 15.2. The van der Waals surface area contributed by atoms with Gasteiger partial charge in [-0.1, -0.05) is 0 Å². The van der Waals surface area contributed by atoms with Gasteiger partial charge in [0.2, 0.25) is 5.88 Å². The van der Waals surface area contributed by atoms with Crippen LogP contribution in [-0.4, -0.2) is 49.8 Å². The molecule has 4 heterocycles. The van der Waals surface area contributed by atoms with E-state index in [1.165, 1.54) is 6.20 Å². The average Bonchev–Trinajstić information content (AvgIpc) is 3.28. The molecule has 0 saturated carbocycles. The summed E-state index contributed by atoms with van der Waals surface area (Å²) in [6.45, 7) is 7.15. The van der Waals surface area contributed by atoms with Crippen LogP contribution in [-0.2, 0) is 0 Å². The van der Waals surface area contributed by atoms with Gasteiger partial charge in [-0.3, -0.25) is 14.4 Å². The number of hydrogen-bond acceptors (Lipinski definition) is 9. The van der Waals surface area contributed by atoms with Gasteiger partial charge >= 0.3 is 0 Å². The molecule has 0 aromatic carbocycles. The van der Waals surface area contributed by atoms with Crippen molar-refractivity contribution in [3.63, 3.8) is 0 Å². The second-order valence-electron chi connectivity index (χ2n) is 8.60. The standard InChI is InChI=1S/C25H27N9O/c1-16-8-20(13-29-12-16)18(3)35-24-10-19(9-23-30-14-22(11-26)34(23)24)25(32-28)17(2)31-21-4-6-33(15-27)7-5-21/h8-10,12-14,18,21H,4-7,28H2,1-3H3/b31-17?,32-25+. The number of hydrazone groups is 1. The molecular weight excluding hydrogens is 442 g/mol. The number of hydrogen-bond donors (Lipinski definition) is 1. The zero-order valence-corrected chi connectivity index (χ0v) is 20.0. The van der Waals surface area contributed by atoms with Gasteiger partial charge in [0.05, 0.1) is 18.0 Å². The SMILES string of the molecule is CC(=NC1CCN(C#N)CC1)/C(=N\N)c1cc(OC(C)c2cncc(C)c2)n2c(C#N)cnc2c1. The van der Waals surface area contributed by atoms with E-state index in [1.807, 2.05) is 32.9 Å². The lowest BCUT2D eigenvalue weighted by Gasteiger charge is -2.26. The summed E-state index contributed by atoms with van der Waals surface area (Å²) in [7, 11) is 0. The number of ether oxygens (including phenoxy) is 1. The lowest BCUT2D eigenvalue weighted by atomic mass is 10.0. The third kappa shape index (κ3) is 5.07. The van der Waals surface area contributed by atoms with Crippen molar-refractivity contribution < 1.29 is 4.74 Å². The average molecular weight is 470 g/mol. The van der Waals surface area contributed by atoms with Gasteiger partial charge in [-0.05, 0) is 51.3 Å². The van der Waals surface area contributed by atoms with Crippen molar-refractivity contribution in [1.29, 1.82) is 10.5 Å². The van der Waals surface area contributed by atoms with Crippen LogP contribution in [0.15, 0.2) is 46.9 Å². The van der Waals surface area contributed by atoms with E-state index in [0.29, 0.717) is 47.3 Å². The molecular formula is C25H27N9O. The number of fused-ring (bicyclic) bond motifs is 1. The van der Waals surface area contributed by atoms with Crippen LogP contribution >= 0.6 is 0 Å². The summed E-state index contributed by atoms with van der Waals surface area (Å²) in [6.07, 6.45) is 8.51. The van der Waals surface area contributed by atoms with E-state index in [4.69, 9.17) is 20.8 Å². The van der Waals surface area contributed by atoms with Gasteiger partial charge in [0.25, 0.3) is 0 Å². The van der Waals surface area contributed by atoms with Crippen LogP contribution in [0, 0.1) is 29.7 Å². The molecule has 2 N–H and O–H groups in total. The maximum Gasteiger partial charge on any atom is 0.201 e. The fourth-order valence-corrected chi connectivity index (χ4v) is 4.24. The molecule has 1 fully saturated rings. The fraction of sp³-hybridized carbons (Fsp3) is 0.360. The Hall–Kier alpha value is -4.44. The Morgan fingerprint density at radius 3 is 2.63 bits per heavy atom. The highest BCUT2D eigenvalue weighted by Gasteiger charge is 2.21. The molecule has 0 amide bonds. The molecule has 1 unspecified atom stereocenters. The van der Waals surface area contributed by atoms with Crippen molar-refractivity contribution >= 4 is 17.1 Å². The molecule has 3 aromatic heterocycles. The van der Waals surface area contributed by atoms with Crippen LogP contribution in [0.1, 0.15) is 55.2 Å². The second-order valence-corrected chi connectivity index (χ2v) is 8.60. The van der Waals surface area contributed by atoms with E-state index in [-0.39, 0.29) is 12.1 Å². The first-order valence-corrected chi connectivity index (χ1v) is 11.4. The van der Waals surface area contributed by atoms with Gasteiger partial charge in [-0.25, -0.2) is 4.98 Å². The Balaban J connectivity index is 1.69. The first kappa shape index (κ1) is 23.7. The van der Waals surface area contributed by atoms with Gasteiger partial charge in [0.1, 0.15) is 29.2 Å². The van der Waals surface area contributed by atoms with E-state index in [2.05, 4.69) is 27.3 Å². The van der Waals surface area contributed by atoms with Crippen LogP contribution in [0.3, 0.4) is 0 Å². The lowest BCUT2D eigenvalue weighted by molar-refractivity contribution is 0.214. The zero-order valence-electron chi connectivity index (χ0n) is 20.0. The minimum atomic E-state index is -0.326. The summed E-state index contributed by atoms with van der Waals surface area (Å²) < 4.78 is 7.99. The monoisotopic (exact) mass is 469 g/mol. The number of piperidine rings is 1. The molecule has 178 valence electrons. The first-order chi connectivity index (χ1) is 16.9. The number of aromatic nitrogens is 3. The minimum Gasteiger partial charge on any atom is -0.471 e. The first-order valence-electron chi connectivity index (χ1n) is 11.4. The molecule has 3 aromatic rings. The van der Waals surface area contributed by atoms with Crippen molar-refractivity contribution in [2.45, 2.75) is 45.8 Å². The highest BCUT2D eigenvalue weighted by atomic mass is 16.5. The topological polar surface area (TPSA) is 141 Å². The van der Waals surface area contributed by atoms with Crippen LogP contribution in [0.25, 0.3) is 5.65 Å². The van der Waals surface area contributed by atoms with Crippen LogP contribution in [0.4, 0.5) is 0 Å². The lowest BCUT2D eigenvalue weighted by Crippen LogP contribution is -2.32. The van der Waals surface area contributed by atoms with E-state index in [0.717, 1.165) is 24.0 Å². The van der Waals surface area contributed by atoms with Crippen LogP contribution in [0.2, 0.25) is 0 Å². The summed E-state index contributed by atoms with van der Waals surface area (Å²) in [5, 5.41) is 22.7. The number of nitrogens with two attached hydrogens (primary N) is 1. The van der Waals surface area contributed by atoms with Crippen LogP contribution < -0.4 is 10.6 Å².